The number of hydrogen-bond donors (Lipinski definition) is 0. The van der Waals surface area contributed by atoms with Crippen LogP contribution >= 0.6 is 0 Å². The van der Waals surface area contributed by atoms with Gasteiger partial charge in [0.05, 0.1) is 0 Å². The van der Waals surface area contributed by atoms with Gasteiger partial charge in [-0.2, -0.15) is 0 Å². The van der Waals surface area contributed by atoms with E-state index in [0.29, 0.717) is 0 Å². The molecule has 1 aliphatic rings. The van der Waals surface area contributed by atoms with Gasteiger partial charge in [0.1, 0.15) is 0 Å². The van der Waals surface area contributed by atoms with Gasteiger partial charge in [-0.1, -0.05) is 12.2 Å². The average molecular weight is 145 g/mol. The number of allylic oxidation sites excluding steroid dienone is 1. The quantitative estimate of drug-likeness (QED) is 0.546. The van der Waals surface area contributed by atoms with Gasteiger partial charge >= 0.3 is 0 Å². The average Bonchev–Trinajstić information content (AvgIpc) is 2.06. The first-order chi connectivity index (χ1) is 5.38. The number of nitrogens with zero attached hydrogens (tertiary/aromatic N) is 1. The molecule has 0 atom stereocenters. The van der Waals surface area contributed by atoms with Crippen LogP contribution in [0.2, 0.25) is 0 Å². The molecule has 0 saturated carbocycles. The fourth-order valence-electron chi connectivity index (χ4n) is 1.54. The van der Waals surface area contributed by atoms with E-state index < -0.39 is 0 Å². The van der Waals surface area contributed by atoms with Gasteiger partial charge in [-0.25, -0.2) is 0 Å². The second-order valence-corrected chi connectivity index (χ2v) is 2.91. The molecular weight excluding hydrogens is 134 g/mol. The largest absolute Gasteiger partial charge is 0.261 e. The van der Waals surface area contributed by atoms with E-state index in [1.165, 1.54) is 23.2 Å². The number of hydrogen-bond acceptors (Lipinski definition) is 1. The molecule has 0 fully saturated rings. The van der Waals surface area contributed by atoms with Gasteiger partial charge in [0.15, 0.2) is 0 Å². The van der Waals surface area contributed by atoms with Gasteiger partial charge in [0, 0.05) is 11.9 Å². The Morgan fingerprint density at radius 1 is 1.45 bits per heavy atom. The van der Waals surface area contributed by atoms with Crippen LogP contribution in [-0.4, -0.2) is 4.98 Å². The molecule has 0 unspecified atom stereocenters. The minimum atomic E-state index is 1.16. The summed E-state index contributed by atoms with van der Waals surface area (Å²) in [7, 11) is 0. The zero-order valence-electron chi connectivity index (χ0n) is 6.67. The lowest BCUT2D eigenvalue weighted by Crippen LogP contribution is -1.98. The Kier molecular flexibility index (Phi) is 1.50. The van der Waals surface area contributed by atoms with Crippen molar-refractivity contribution in [2.24, 2.45) is 0 Å². The smallest absolute Gasteiger partial charge is 0.0410 e. The topological polar surface area (TPSA) is 12.9 Å². The molecule has 0 aromatic carbocycles. The van der Waals surface area contributed by atoms with Crippen molar-refractivity contribution in [3.8, 4) is 0 Å². The Morgan fingerprint density at radius 2 is 2.36 bits per heavy atom. The van der Waals surface area contributed by atoms with Crippen LogP contribution in [0.4, 0.5) is 0 Å². The highest BCUT2D eigenvalue weighted by Crippen LogP contribution is 2.19. The highest BCUT2D eigenvalue weighted by Gasteiger charge is 2.06. The Bertz CT molecular complexity index is 300. The molecule has 0 bridgehead atoms. The summed E-state index contributed by atoms with van der Waals surface area (Å²) in [5.41, 5.74) is 3.96. The van der Waals surface area contributed by atoms with E-state index in [0.717, 1.165) is 6.42 Å². The Hall–Kier alpha value is -1.11. The molecular formula is C10H11N. The van der Waals surface area contributed by atoms with Crippen molar-refractivity contribution in [1.29, 1.82) is 0 Å². The zero-order valence-corrected chi connectivity index (χ0v) is 6.67. The monoisotopic (exact) mass is 145 g/mol. The second kappa shape index (κ2) is 2.50. The highest BCUT2D eigenvalue weighted by atomic mass is 14.7. The predicted octanol–water partition coefficient (Wildman–Crippen LogP) is 2.35. The molecule has 0 aliphatic heterocycles. The molecule has 2 rings (SSSR count). The molecule has 56 valence electrons. The van der Waals surface area contributed by atoms with Crippen molar-refractivity contribution in [2.75, 3.05) is 0 Å². The number of pyridine rings is 1. The fourth-order valence-corrected chi connectivity index (χ4v) is 1.54. The van der Waals surface area contributed by atoms with Gasteiger partial charge < -0.3 is 0 Å². The van der Waals surface area contributed by atoms with Gasteiger partial charge in [0.25, 0.3) is 0 Å². The molecule has 1 aromatic heterocycles. The fraction of sp³-hybridized carbons (Fsp3) is 0.300. The van der Waals surface area contributed by atoms with Crippen LogP contribution in [0.25, 0.3) is 6.08 Å². The van der Waals surface area contributed by atoms with Crippen molar-refractivity contribution in [3.05, 3.63) is 35.2 Å². The maximum absolute atomic E-state index is 4.26. The van der Waals surface area contributed by atoms with Crippen LogP contribution in [0.3, 0.4) is 0 Å². The first-order valence-electron chi connectivity index (χ1n) is 3.99. The van der Waals surface area contributed by atoms with Crippen LogP contribution in [0.5, 0.6) is 0 Å². The third kappa shape index (κ3) is 1.07. The maximum atomic E-state index is 4.26. The normalized spacial score (nSPS) is 14.6. The summed E-state index contributed by atoms with van der Waals surface area (Å²) in [6.07, 6.45) is 8.62. The minimum Gasteiger partial charge on any atom is -0.261 e. The predicted molar refractivity (Wildman–Crippen MR) is 46.3 cm³/mol. The van der Waals surface area contributed by atoms with Crippen molar-refractivity contribution >= 4 is 6.08 Å². The number of aryl methyl sites for hydroxylation is 1. The standard InChI is InChI=1S/C10H11N/c1-8-10-5-3-2-4-9(10)6-7-11-8/h2,4,6-7H,3,5H2,1H3. The van der Waals surface area contributed by atoms with Crippen LogP contribution in [-0.2, 0) is 6.42 Å². The molecule has 0 spiro atoms. The molecule has 1 aliphatic carbocycles. The van der Waals surface area contributed by atoms with Gasteiger partial charge in [-0.05, 0) is 37.0 Å². The first-order valence-corrected chi connectivity index (χ1v) is 3.99. The summed E-state index contributed by atoms with van der Waals surface area (Å²) in [5, 5.41) is 0. The summed E-state index contributed by atoms with van der Waals surface area (Å²) in [6.45, 7) is 2.08. The van der Waals surface area contributed by atoms with Crippen LogP contribution in [0.1, 0.15) is 23.2 Å². The van der Waals surface area contributed by atoms with Crippen LogP contribution < -0.4 is 0 Å². The first kappa shape index (κ1) is 6.59. The molecule has 1 heteroatoms. The van der Waals surface area contributed by atoms with Gasteiger partial charge in [-0.15, -0.1) is 0 Å². The van der Waals surface area contributed by atoms with Gasteiger partial charge in [-0.3, -0.25) is 4.98 Å². The summed E-state index contributed by atoms with van der Waals surface area (Å²) >= 11 is 0. The van der Waals surface area contributed by atoms with Crippen molar-refractivity contribution in [3.63, 3.8) is 0 Å². The van der Waals surface area contributed by atoms with Crippen molar-refractivity contribution in [1.82, 2.24) is 4.98 Å². The number of rotatable bonds is 0. The van der Waals surface area contributed by atoms with Gasteiger partial charge in [0.2, 0.25) is 0 Å². The van der Waals surface area contributed by atoms with Crippen LogP contribution in [0.15, 0.2) is 18.3 Å². The summed E-state index contributed by atoms with van der Waals surface area (Å²) in [6, 6.07) is 2.08. The van der Waals surface area contributed by atoms with E-state index in [4.69, 9.17) is 0 Å². The summed E-state index contributed by atoms with van der Waals surface area (Å²) in [4.78, 5) is 4.26. The molecule has 0 amide bonds. The summed E-state index contributed by atoms with van der Waals surface area (Å²) in [5.74, 6) is 0. The number of aromatic nitrogens is 1. The molecule has 1 heterocycles. The maximum Gasteiger partial charge on any atom is 0.0410 e. The highest BCUT2D eigenvalue weighted by molar-refractivity contribution is 5.56. The molecule has 0 N–H and O–H groups in total. The molecule has 1 aromatic rings. The van der Waals surface area contributed by atoms with E-state index in [2.05, 4.69) is 30.1 Å². The third-order valence-corrected chi connectivity index (χ3v) is 2.17. The molecule has 0 radical (unpaired) electrons. The lowest BCUT2D eigenvalue weighted by Gasteiger charge is -2.11. The third-order valence-electron chi connectivity index (χ3n) is 2.17. The SMILES string of the molecule is Cc1nccc2c1CCC=C2. The molecule has 1 nitrogen and oxygen atoms in total. The Balaban J connectivity index is 2.60. The van der Waals surface area contributed by atoms with E-state index in [1.54, 1.807) is 0 Å². The number of fused-ring (bicyclic) bond motifs is 1. The minimum absolute atomic E-state index is 1.16. The Morgan fingerprint density at radius 3 is 3.18 bits per heavy atom. The summed E-state index contributed by atoms with van der Waals surface area (Å²) < 4.78 is 0. The van der Waals surface area contributed by atoms with E-state index >= 15 is 0 Å². The van der Waals surface area contributed by atoms with Crippen molar-refractivity contribution in [2.45, 2.75) is 19.8 Å². The second-order valence-electron chi connectivity index (χ2n) is 2.91. The lowest BCUT2D eigenvalue weighted by atomic mass is 9.97. The van der Waals surface area contributed by atoms with E-state index in [9.17, 15) is 0 Å². The molecule has 0 saturated heterocycles. The zero-order chi connectivity index (χ0) is 7.68. The van der Waals surface area contributed by atoms with E-state index in [1.807, 2.05) is 6.20 Å². The van der Waals surface area contributed by atoms with Crippen LogP contribution in [0, 0.1) is 6.92 Å². The Labute approximate surface area is 66.8 Å². The lowest BCUT2D eigenvalue weighted by molar-refractivity contribution is 0.945. The van der Waals surface area contributed by atoms with Crippen molar-refractivity contribution < 1.29 is 0 Å². The molecule has 11 heavy (non-hydrogen) atoms. The van der Waals surface area contributed by atoms with E-state index in [-0.39, 0.29) is 0 Å².